The minimum absolute atomic E-state index is 0.0318. The zero-order chi connectivity index (χ0) is 19.0. The van der Waals surface area contributed by atoms with Crippen molar-refractivity contribution in [2.45, 2.75) is 38.4 Å². The normalized spacial score (nSPS) is 15.4. The molecule has 0 aliphatic carbocycles. The van der Waals surface area contributed by atoms with Crippen molar-refractivity contribution in [2.24, 2.45) is 0 Å². The summed E-state index contributed by atoms with van der Waals surface area (Å²) in [5.41, 5.74) is -3.13. The average Bonchev–Trinajstić information content (AvgIpc) is 2.91. The SMILES string of the molecule is CC(C)(NC(=O)c1cc(N2CCCC2=O)cc(C(F)(F)F)c1)C(=O)O. The van der Waals surface area contributed by atoms with Crippen LogP contribution in [0.15, 0.2) is 18.2 Å². The third-order valence-corrected chi connectivity index (χ3v) is 3.85. The number of nitrogens with zero attached hydrogens (tertiary/aromatic N) is 1. The molecule has 2 rings (SSSR count). The number of carbonyl (C=O) groups is 3. The van der Waals surface area contributed by atoms with E-state index in [1.165, 1.54) is 18.7 Å². The highest BCUT2D eigenvalue weighted by Gasteiger charge is 2.35. The second kappa shape index (κ2) is 6.38. The highest BCUT2D eigenvalue weighted by molar-refractivity contribution is 6.01. The lowest BCUT2D eigenvalue weighted by molar-refractivity contribution is -0.143. The van der Waals surface area contributed by atoms with Crippen LogP contribution in [-0.4, -0.2) is 35.0 Å². The number of carboxylic acid groups (broad SMARTS) is 1. The molecule has 0 spiro atoms. The van der Waals surface area contributed by atoms with Crippen molar-refractivity contribution < 1.29 is 32.7 Å². The molecule has 1 aromatic carbocycles. The maximum atomic E-state index is 13.1. The molecule has 1 aromatic rings. The van der Waals surface area contributed by atoms with Gasteiger partial charge in [-0.1, -0.05) is 0 Å². The Bertz CT molecular complexity index is 729. The van der Waals surface area contributed by atoms with Crippen LogP contribution in [0.3, 0.4) is 0 Å². The molecule has 0 bridgehead atoms. The van der Waals surface area contributed by atoms with Gasteiger partial charge >= 0.3 is 12.1 Å². The fourth-order valence-corrected chi connectivity index (χ4v) is 2.39. The molecule has 2 N–H and O–H groups in total. The van der Waals surface area contributed by atoms with E-state index in [1.54, 1.807) is 0 Å². The summed E-state index contributed by atoms with van der Waals surface area (Å²) in [6.07, 6.45) is -3.97. The smallest absolute Gasteiger partial charge is 0.416 e. The topological polar surface area (TPSA) is 86.7 Å². The summed E-state index contributed by atoms with van der Waals surface area (Å²) < 4.78 is 39.4. The van der Waals surface area contributed by atoms with Gasteiger partial charge in [0, 0.05) is 24.2 Å². The number of benzene rings is 1. The van der Waals surface area contributed by atoms with Crippen molar-refractivity contribution in [3.05, 3.63) is 29.3 Å². The van der Waals surface area contributed by atoms with Gasteiger partial charge in [-0.2, -0.15) is 13.2 Å². The highest BCUT2D eigenvalue weighted by Crippen LogP contribution is 2.34. The molecule has 0 saturated carbocycles. The van der Waals surface area contributed by atoms with E-state index in [9.17, 15) is 27.6 Å². The molecule has 0 radical (unpaired) electrons. The molecule has 2 amide bonds. The second-order valence-corrected chi connectivity index (χ2v) is 6.30. The molecule has 0 unspecified atom stereocenters. The van der Waals surface area contributed by atoms with Gasteiger partial charge in [-0.15, -0.1) is 0 Å². The maximum Gasteiger partial charge on any atom is 0.416 e. The Morgan fingerprint density at radius 3 is 2.32 bits per heavy atom. The first-order chi connectivity index (χ1) is 11.4. The van der Waals surface area contributed by atoms with Gasteiger partial charge in [0.05, 0.1) is 5.56 Å². The fraction of sp³-hybridized carbons (Fsp3) is 0.438. The molecule has 0 atom stereocenters. The van der Waals surface area contributed by atoms with Crippen LogP contribution in [0.2, 0.25) is 0 Å². The van der Waals surface area contributed by atoms with Crippen LogP contribution >= 0.6 is 0 Å². The Morgan fingerprint density at radius 2 is 1.84 bits per heavy atom. The lowest BCUT2D eigenvalue weighted by Crippen LogP contribution is -2.49. The molecule has 136 valence electrons. The van der Waals surface area contributed by atoms with Crippen LogP contribution in [0.5, 0.6) is 0 Å². The summed E-state index contributed by atoms with van der Waals surface area (Å²) in [6, 6.07) is 2.60. The summed E-state index contributed by atoms with van der Waals surface area (Å²) in [5, 5.41) is 11.2. The molecular formula is C16H17F3N2O4. The van der Waals surface area contributed by atoms with E-state index in [0.717, 1.165) is 12.1 Å². The first-order valence-corrected chi connectivity index (χ1v) is 7.50. The van der Waals surface area contributed by atoms with Crippen LogP contribution < -0.4 is 10.2 Å². The molecule has 1 saturated heterocycles. The summed E-state index contributed by atoms with van der Waals surface area (Å²) in [7, 11) is 0. The number of halogens is 3. The largest absolute Gasteiger partial charge is 0.480 e. The van der Waals surface area contributed by atoms with Crippen molar-refractivity contribution in [2.75, 3.05) is 11.4 Å². The van der Waals surface area contributed by atoms with Crippen molar-refractivity contribution in [3.63, 3.8) is 0 Å². The van der Waals surface area contributed by atoms with Gasteiger partial charge in [0.1, 0.15) is 5.54 Å². The minimum Gasteiger partial charge on any atom is -0.480 e. The van der Waals surface area contributed by atoms with Gasteiger partial charge < -0.3 is 15.3 Å². The Morgan fingerprint density at radius 1 is 1.20 bits per heavy atom. The van der Waals surface area contributed by atoms with Crippen molar-refractivity contribution in [1.29, 1.82) is 0 Å². The van der Waals surface area contributed by atoms with Crippen molar-refractivity contribution in [3.8, 4) is 0 Å². The van der Waals surface area contributed by atoms with E-state index in [-0.39, 0.29) is 30.1 Å². The average molecular weight is 358 g/mol. The van der Waals surface area contributed by atoms with Crippen molar-refractivity contribution >= 4 is 23.5 Å². The van der Waals surface area contributed by atoms with E-state index in [2.05, 4.69) is 5.32 Å². The van der Waals surface area contributed by atoms with Gasteiger partial charge in [0.15, 0.2) is 0 Å². The monoisotopic (exact) mass is 358 g/mol. The van der Waals surface area contributed by atoms with E-state index in [1.807, 2.05) is 0 Å². The highest BCUT2D eigenvalue weighted by atomic mass is 19.4. The molecule has 1 aliphatic rings. The van der Waals surface area contributed by atoms with Gasteiger partial charge in [-0.25, -0.2) is 4.79 Å². The first-order valence-electron chi connectivity index (χ1n) is 7.50. The molecule has 1 aliphatic heterocycles. The molecular weight excluding hydrogens is 341 g/mol. The van der Waals surface area contributed by atoms with Gasteiger partial charge in [0.2, 0.25) is 5.91 Å². The van der Waals surface area contributed by atoms with Crippen LogP contribution in [0.4, 0.5) is 18.9 Å². The number of amides is 2. The standard InChI is InChI=1S/C16H17F3N2O4/c1-15(2,14(24)25)20-13(23)9-6-10(16(17,18)19)8-11(7-9)21-5-3-4-12(21)22/h6-8H,3-5H2,1-2H3,(H,20,23)(H,24,25). The quantitative estimate of drug-likeness (QED) is 0.865. The van der Waals surface area contributed by atoms with E-state index < -0.39 is 29.2 Å². The Hall–Kier alpha value is -2.58. The lowest BCUT2D eigenvalue weighted by Gasteiger charge is -2.23. The third-order valence-electron chi connectivity index (χ3n) is 3.85. The molecule has 1 heterocycles. The molecule has 0 aromatic heterocycles. The van der Waals surface area contributed by atoms with E-state index >= 15 is 0 Å². The van der Waals surface area contributed by atoms with Crippen LogP contribution in [0.1, 0.15) is 42.6 Å². The summed E-state index contributed by atoms with van der Waals surface area (Å²) in [4.78, 5) is 36.3. The number of anilines is 1. The Balaban J connectivity index is 2.45. The number of aliphatic carboxylic acids is 1. The zero-order valence-electron chi connectivity index (χ0n) is 13.6. The third kappa shape index (κ3) is 4.09. The fourth-order valence-electron chi connectivity index (χ4n) is 2.39. The number of nitrogens with one attached hydrogen (secondary N) is 1. The zero-order valence-corrected chi connectivity index (χ0v) is 13.6. The number of alkyl halides is 3. The van der Waals surface area contributed by atoms with Gasteiger partial charge in [-0.05, 0) is 38.5 Å². The first kappa shape index (κ1) is 18.8. The van der Waals surface area contributed by atoms with Crippen LogP contribution in [0, 0.1) is 0 Å². The van der Waals surface area contributed by atoms with E-state index in [4.69, 9.17) is 5.11 Å². The maximum absolute atomic E-state index is 13.1. The Kier molecular flexibility index (Phi) is 4.79. The van der Waals surface area contributed by atoms with Crippen LogP contribution in [0.25, 0.3) is 0 Å². The summed E-state index contributed by atoms with van der Waals surface area (Å²) in [6.45, 7) is 2.69. The predicted molar refractivity (Wildman–Crippen MR) is 82.2 cm³/mol. The number of hydrogen-bond acceptors (Lipinski definition) is 3. The number of carbonyl (C=O) groups excluding carboxylic acids is 2. The summed E-state index contributed by atoms with van der Waals surface area (Å²) in [5.74, 6) is -2.62. The summed E-state index contributed by atoms with van der Waals surface area (Å²) >= 11 is 0. The lowest BCUT2D eigenvalue weighted by atomic mass is 10.0. The predicted octanol–water partition coefficient (Wildman–Crippen LogP) is 2.43. The van der Waals surface area contributed by atoms with E-state index in [0.29, 0.717) is 12.5 Å². The van der Waals surface area contributed by atoms with Crippen LogP contribution in [-0.2, 0) is 15.8 Å². The molecule has 25 heavy (non-hydrogen) atoms. The number of rotatable bonds is 4. The molecule has 6 nitrogen and oxygen atoms in total. The second-order valence-electron chi connectivity index (χ2n) is 6.30. The molecule has 1 fully saturated rings. The number of hydrogen-bond donors (Lipinski definition) is 2. The Labute approximate surface area is 141 Å². The van der Waals surface area contributed by atoms with Gasteiger partial charge in [0.25, 0.3) is 5.91 Å². The molecule has 9 heteroatoms. The number of carboxylic acids is 1. The van der Waals surface area contributed by atoms with Gasteiger partial charge in [-0.3, -0.25) is 9.59 Å². The minimum atomic E-state index is -4.71. The van der Waals surface area contributed by atoms with Crippen molar-refractivity contribution in [1.82, 2.24) is 5.32 Å².